The molecule has 6 nitrogen and oxygen atoms in total. The fourth-order valence-electron chi connectivity index (χ4n) is 2.99. The number of benzene rings is 2. The van der Waals surface area contributed by atoms with Gasteiger partial charge in [0.2, 0.25) is 5.78 Å². The lowest BCUT2D eigenvalue weighted by Gasteiger charge is -2.11. The van der Waals surface area contributed by atoms with Gasteiger partial charge in [0, 0.05) is 29.0 Å². The summed E-state index contributed by atoms with van der Waals surface area (Å²) in [7, 11) is 0. The highest BCUT2D eigenvalue weighted by Crippen LogP contribution is 2.27. The number of urea groups is 1. The van der Waals surface area contributed by atoms with Crippen LogP contribution in [-0.4, -0.2) is 21.8 Å². The minimum Gasteiger partial charge on any atom is -0.345 e. The van der Waals surface area contributed by atoms with Crippen LogP contribution in [0, 0.1) is 17.5 Å². The summed E-state index contributed by atoms with van der Waals surface area (Å²) >= 11 is 0. The van der Waals surface area contributed by atoms with Crippen LogP contribution in [0.15, 0.2) is 60.9 Å². The summed E-state index contributed by atoms with van der Waals surface area (Å²) in [5.41, 5.74) is -0.657. The Bertz CT molecular complexity index is 1290. The van der Waals surface area contributed by atoms with Gasteiger partial charge in [-0.05, 0) is 42.5 Å². The Labute approximate surface area is 167 Å². The van der Waals surface area contributed by atoms with Crippen LogP contribution >= 0.6 is 0 Å². The van der Waals surface area contributed by atoms with Crippen molar-refractivity contribution in [1.82, 2.24) is 9.97 Å². The third kappa shape index (κ3) is 3.60. The number of nitrogens with one attached hydrogen (secondary N) is 3. The lowest BCUT2D eigenvalue weighted by molar-refractivity contribution is 0.103. The number of carbonyl (C=O) groups is 2. The Morgan fingerprint density at radius 2 is 1.80 bits per heavy atom. The second-order valence-electron chi connectivity index (χ2n) is 6.30. The van der Waals surface area contributed by atoms with Crippen molar-refractivity contribution in [3.8, 4) is 0 Å². The zero-order valence-corrected chi connectivity index (χ0v) is 15.2. The monoisotopic (exact) mass is 410 g/mol. The largest absolute Gasteiger partial charge is 0.345 e. The molecule has 0 aliphatic carbocycles. The van der Waals surface area contributed by atoms with E-state index in [-0.39, 0.29) is 11.3 Å². The molecule has 2 aromatic carbocycles. The molecule has 150 valence electrons. The van der Waals surface area contributed by atoms with Crippen molar-refractivity contribution in [3.05, 3.63) is 89.5 Å². The van der Waals surface area contributed by atoms with E-state index in [0.29, 0.717) is 11.0 Å². The van der Waals surface area contributed by atoms with E-state index < -0.39 is 40.5 Å². The molecule has 0 radical (unpaired) electrons. The van der Waals surface area contributed by atoms with Gasteiger partial charge >= 0.3 is 6.03 Å². The molecule has 0 fully saturated rings. The van der Waals surface area contributed by atoms with E-state index >= 15 is 0 Å². The Morgan fingerprint density at radius 1 is 0.967 bits per heavy atom. The lowest BCUT2D eigenvalue weighted by Crippen LogP contribution is -2.21. The summed E-state index contributed by atoms with van der Waals surface area (Å²) < 4.78 is 42.5. The van der Waals surface area contributed by atoms with E-state index in [2.05, 4.69) is 20.6 Å². The number of carbonyl (C=O) groups excluding carboxylic acids is 2. The predicted octanol–water partition coefficient (Wildman–Crippen LogP) is 4.86. The van der Waals surface area contributed by atoms with Gasteiger partial charge in [-0.25, -0.2) is 22.9 Å². The van der Waals surface area contributed by atoms with Crippen LogP contribution in [0.3, 0.4) is 0 Å². The Balaban J connectivity index is 1.63. The number of nitrogens with zero attached hydrogens (tertiary/aromatic N) is 1. The molecular weight excluding hydrogens is 397 g/mol. The molecule has 3 N–H and O–H groups in total. The van der Waals surface area contributed by atoms with Crippen LogP contribution in [0.1, 0.15) is 15.9 Å². The van der Waals surface area contributed by atoms with Crippen LogP contribution in [0.4, 0.5) is 29.3 Å². The minimum atomic E-state index is -1.23. The number of H-pyrrole nitrogens is 1. The highest BCUT2D eigenvalue weighted by molar-refractivity contribution is 6.16. The van der Waals surface area contributed by atoms with E-state index in [0.717, 1.165) is 18.2 Å². The van der Waals surface area contributed by atoms with Gasteiger partial charge in [-0.2, -0.15) is 0 Å². The first kappa shape index (κ1) is 19.2. The van der Waals surface area contributed by atoms with Gasteiger partial charge in [-0.1, -0.05) is 6.07 Å². The van der Waals surface area contributed by atoms with E-state index in [1.54, 1.807) is 12.1 Å². The van der Waals surface area contributed by atoms with E-state index in [4.69, 9.17) is 0 Å². The molecule has 0 aliphatic rings. The van der Waals surface area contributed by atoms with Crippen LogP contribution < -0.4 is 10.6 Å². The Morgan fingerprint density at radius 3 is 2.60 bits per heavy atom. The molecule has 0 atom stereocenters. The zero-order chi connectivity index (χ0) is 21.3. The molecule has 2 amide bonds. The lowest BCUT2D eigenvalue weighted by atomic mass is 10.0. The van der Waals surface area contributed by atoms with E-state index in [1.165, 1.54) is 30.6 Å². The summed E-state index contributed by atoms with van der Waals surface area (Å²) in [6.07, 6.45) is 2.83. The van der Waals surface area contributed by atoms with Crippen molar-refractivity contribution >= 4 is 34.2 Å². The number of anilines is 2. The fraction of sp³-hybridized carbons (Fsp3) is 0. The quantitative estimate of drug-likeness (QED) is 0.420. The minimum absolute atomic E-state index is 0.0391. The molecule has 9 heteroatoms. The third-order valence-corrected chi connectivity index (χ3v) is 4.34. The van der Waals surface area contributed by atoms with Gasteiger partial charge in [0.05, 0.1) is 11.3 Å². The second kappa shape index (κ2) is 7.70. The number of aromatic nitrogens is 2. The highest BCUT2D eigenvalue weighted by Gasteiger charge is 2.24. The molecule has 30 heavy (non-hydrogen) atoms. The molecule has 0 unspecified atom stereocenters. The molecular formula is C21H13F3N4O2. The first-order valence-electron chi connectivity index (χ1n) is 8.72. The van der Waals surface area contributed by atoms with Crippen LogP contribution in [0.2, 0.25) is 0 Å². The normalized spacial score (nSPS) is 10.8. The van der Waals surface area contributed by atoms with E-state index in [9.17, 15) is 22.8 Å². The average Bonchev–Trinajstić information content (AvgIpc) is 3.14. The second-order valence-corrected chi connectivity index (χ2v) is 6.30. The fourth-order valence-corrected chi connectivity index (χ4v) is 2.99. The maximum absolute atomic E-state index is 14.9. The van der Waals surface area contributed by atoms with Crippen molar-refractivity contribution < 1.29 is 22.8 Å². The molecule has 0 spiro atoms. The van der Waals surface area contributed by atoms with Crippen molar-refractivity contribution in [3.63, 3.8) is 0 Å². The maximum atomic E-state index is 14.9. The first-order valence-corrected chi connectivity index (χ1v) is 8.72. The number of aromatic amines is 1. The van der Waals surface area contributed by atoms with Crippen LogP contribution in [0.25, 0.3) is 11.0 Å². The number of fused-ring (bicyclic) bond motifs is 1. The number of pyridine rings is 1. The average molecular weight is 410 g/mol. The standard InChI is InChI=1S/C21H13F3N4O2/c22-11-3-1-4-12(9-11)27-21(30)28-16-7-6-15(23)17(18(16)24)19(29)14-10-26-20-13(14)5-2-8-25-20/h1-10H,(H,25,26)(H2,27,28,30). The summed E-state index contributed by atoms with van der Waals surface area (Å²) in [5, 5.41) is 4.93. The Hall–Kier alpha value is -4.14. The summed E-state index contributed by atoms with van der Waals surface area (Å²) in [6, 6.07) is 9.25. The highest BCUT2D eigenvalue weighted by atomic mass is 19.1. The van der Waals surface area contributed by atoms with Crippen molar-refractivity contribution in [2.75, 3.05) is 10.6 Å². The number of hydrogen-bond donors (Lipinski definition) is 3. The number of hydrogen-bond acceptors (Lipinski definition) is 3. The molecule has 2 heterocycles. The van der Waals surface area contributed by atoms with Crippen molar-refractivity contribution in [2.24, 2.45) is 0 Å². The molecule has 0 bridgehead atoms. The first-order chi connectivity index (χ1) is 14.4. The number of halogens is 3. The molecule has 4 rings (SSSR count). The molecule has 4 aromatic rings. The van der Waals surface area contributed by atoms with Gasteiger partial charge in [0.25, 0.3) is 0 Å². The SMILES string of the molecule is O=C(Nc1cccc(F)c1)Nc1ccc(F)c(C(=O)c2c[nH]c3ncccc23)c1F. The van der Waals surface area contributed by atoms with Crippen molar-refractivity contribution in [1.29, 1.82) is 0 Å². The molecule has 0 saturated carbocycles. The smallest absolute Gasteiger partial charge is 0.323 e. The third-order valence-electron chi connectivity index (χ3n) is 4.34. The van der Waals surface area contributed by atoms with Crippen molar-refractivity contribution in [2.45, 2.75) is 0 Å². The van der Waals surface area contributed by atoms with Crippen LogP contribution in [0.5, 0.6) is 0 Å². The summed E-state index contributed by atoms with van der Waals surface area (Å²) in [5.74, 6) is -3.78. The van der Waals surface area contributed by atoms with Gasteiger partial charge in [0.15, 0.2) is 5.82 Å². The predicted molar refractivity (Wildman–Crippen MR) is 105 cm³/mol. The molecule has 2 aromatic heterocycles. The zero-order valence-electron chi connectivity index (χ0n) is 15.2. The number of rotatable bonds is 4. The summed E-state index contributed by atoms with van der Waals surface area (Å²) in [4.78, 5) is 31.8. The topological polar surface area (TPSA) is 86.9 Å². The van der Waals surface area contributed by atoms with Crippen LogP contribution in [-0.2, 0) is 0 Å². The summed E-state index contributed by atoms with van der Waals surface area (Å²) in [6.45, 7) is 0. The van der Waals surface area contributed by atoms with Gasteiger partial charge in [-0.15, -0.1) is 0 Å². The molecule has 0 saturated heterocycles. The number of amides is 2. The van der Waals surface area contributed by atoms with E-state index in [1.807, 2.05) is 0 Å². The van der Waals surface area contributed by atoms with Gasteiger partial charge < -0.3 is 15.6 Å². The Kier molecular flexibility index (Phi) is 4.93. The van der Waals surface area contributed by atoms with Gasteiger partial charge in [0.1, 0.15) is 17.3 Å². The van der Waals surface area contributed by atoms with Gasteiger partial charge in [-0.3, -0.25) is 4.79 Å². The molecule has 0 aliphatic heterocycles. The number of ketones is 1. The maximum Gasteiger partial charge on any atom is 0.323 e.